The third kappa shape index (κ3) is 4.57. The highest BCUT2D eigenvalue weighted by atomic mass is 35.5. The Kier molecular flexibility index (Phi) is 6.67. The Balaban J connectivity index is 1.75. The summed E-state index contributed by atoms with van der Waals surface area (Å²) in [7, 11) is 1.54. The zero-order chi connectivity index (χ0) is 23.1. The number of anilines is 1. The van der Waals surface area contributed by atoms with Gasteiger partial charge in [-0.3, -0.25) is 9.48 Å². The maximum absolute atomic E-state index is 13.1. The van der Waals surface area contributed by atoms with Crippen molar-refractivity contribution in [3.8, 4) is 5.75 Å². The number of piperazine rings is 1. The maximum atomic E-state index is 13.1. The zero-order valence-electron chi connectivity index (χ0n) is 17.5. The molecule has 0 unspecified atom stereocenters. The Bertz CT molecular complexity index is 980. The molecule has 1 aliphatic heterocycles. The lowest BCUT2D eigenvalue weighted by atomic mass is 10.0. The Labute approximate surface area is 188 Å². The molecule has 11 heteroatoms. The molecule has 2 atom stereocenters. The summed E-state index contributed by atoms with van der Waals surface area (Å²) < 4.78 is 45.5. The van der Waals surface area contributed by atoms with E-state index in [2.05, 4.69) is 10.00 Å². The van der Waals surface area contributed by atoms with Gasteiger partial charge in [0.05, 0.1) is 22.8 Å². The molecule has 0 spiro atoms. The molecule has 170 valence electrons. The molecule has 1 aliphatic rings. The number of ether oxygens (including phenoxy) is 1. The van der Waals surface area contributed by atoms with Gasteiger partial charge >= 0.3 is 6.18 Å². The largest absolute Gasteiger partial charge is 0.495 e. The average molecular weight is 479 g/mol. The topological polar surface area (TPSA) is 50.6 Å². The summed E-state index contributed by atoms with van der Waals surface area (Å²) in [5.41, 5.74) is -0.158. The van der Waals surface area contributed by atoms with Crippen LogP contribution < -0.4 is 9.64 Å². The number of benzene rings is 1. The molecular weight excluding hydrogens is 456 g/mol. The number of rotatable bonds is 4. The minimum absolute atomic E-state index is 0.0448. The van der Waals surface area contributed by atoms with Crippen molar-refractivity contribution in [2.24, 2.45) is 0 Å². The van der Waals surface area contributed by atoms with Gasteiger partial charge < -0.3 is 14.5 Å². The van der Waals surface area contributed by atoms with E-state index in [1.165, 1.54) is 6.92 Å². The summed E-state index contributed by atoms with van der Waals surface area (Å²) in [5.74, 6) is 0.243. The van der Waals surface area contributed by atoms with Gasteiger partial charge in [-0.05, 0) is 32.9 Å². The molecule has 0 bridgehead atoms. The standard InChI is InChI=1S/C20H23Cl2F3N4O2/c1-11-12(2)28(8-7-27(11)14-5-6-15(21)16(9-14)31-4)17(30)10-29-13(3)18(22)19(26-29)20(23,24)25/h5-6,9,11-12H,7-8,10H2,1-4H3/t11-,12+/m1/s1. The number of alkyl halides is 3. The maximum Gasteiger partial charge on any atom is 0.436 e. The van der Waals surface area contributed by atoms with Crippen molar-refractivity contribution in [1.82, 2.24) is 14.7 Å². The quantitative estimate of drug-likeness (QED) is 0.641. The van der Waals surface area contributed by atoms with Crippen LogP contribution in [0.3, 0.4) is 0 Å². The van der Waals surface area contributed by atoms with Crippen LogP contribution in [-0.2, 0) is 17.5 Å². The van der Waals surface area contributed by atoms with Crippen LogP contribution in [0, 0.1) is 6.92 Å². The summed E-state index contributed by atoms with van der Waals surface area (Å²) in [5, 5.41) is 3.55. The zero-order valence-corrected chi connectivity index (χ0v) is 19.0. The molecule has 6 nitrogen and oxygen atoms in total. The van der Waals surface area contributed by atoms with E-state index in [1.807, 2.05) is 26.0 Å². The van der Waals surface area contributed by atoms with E-state index in [0.29, 0.717) is 23.9 Å². The molecular formula is C20H23Cl2F3N4O2. The average Bonchev–Trinajstić information content (AvgIpc) is 2.99. The second-order valence-electron chi connectivity index (χ2n) is 7.48. The minimum Gasteiger partial charge on any atom is -0.495 e. The molecule has 0 saturated carbocycles. The van der Waals surface area contributed by atoms with E-state index in [1.54, 1.807) is 18.1 Å². The summed E-state index contributed by atoms with van der Waals surface area (Å²) >= 11 is 11.9. The highest BCUT2D eigenvalue weighted by Gasteiger charge is 2.39. The van der Waals surface area contributed by atoms with Crippen molar-refractivity contribution in [1.29, 1.82) is 0 Å². The molecule has 3 rings (SSSR count). The van der Waals surface area contributed by atoms with Crippen LogP contribution >= 0.6 is 23.2 Å². The predicted molar refractivity (Wildman–Crippen MR) is 113 cm³/mol. The summed E-state index contributed by atoms with van der Waals surface area (Å²) in [4.78, 5) is 16.7. The lowest BCUT2D eigenvalue weighted by Crippen LogP contribution is -2.59. The summed E-state index contributed by atoms with van der Waals surface area (Å²) in [6.07, 6.45) is -4.68. The minimum atomic E-state index is -4.68. The van der Waals surface area contributed by atoms with Gasteiger partial charge in [-0.15, -0.1) is 0 Å². The number of aromatic nitrogens is 2. The molecule has 1 aromatic heterocycles. The third-order valence-corrected chi connectivity index (χ3v) is 6.50. The van der Waals surface area contributed by atoms with Gasteiger partial charge in [-0.1, -0.05) is 23.2 Å². The van der Waals surface area contributed by atoms with Gasteiger partial charge in [0.1, 0.15) is 12.3 Å². The van der Waals surface area contributed by atoms with Crippen LogP contribution in [0.25, 0.3) is 0 Å². The Morgan fingerprint density at radius 2 is 1.90 bits per heavy atom. The number of hydrogen-bond acceptors (Lipinski definition) is 4. The van der Waals surface area contributed by atoms with E-state index in [-0.39, 0.29) is 30.2 Å². The number of nitrogens with zero attached hydrogens (tertiary/aromatic N) is 4. The van der Waals surface area contributed by atoms with Crippen LogP contribution in [0.2, 0.25) is 10.0 Å². The van der Waals surface area contributed by atoms with Crippen molar-refractivity contribution in [3.05, 3.63) is 39.6 Å². The fraction of sp³-hybridized carbons (Fsp3) is 0.500. The highest BCUT2D eigenvalue weighted by molar-refractivity contribution is 6.32. The Hall–Kier alpha value is -2.13. The molecule has 0 aliphatic carbocycles. The fourth-order valence-corrected chi connectivity index (χ4v) is 4.20. The van der Waals surface area contributed by atoms with Gasteiger partial charge in [0.25, 0.3) is 0 Å². The number of hydrogen-bond donors (Lipinski definition) is 0. The second kappa shape index (κ2) is 8.78. The van der Waals surface area contributed by atoms with Gasteiger partial charge in [-0.25, -0.2) is 0 Å². The molecule has 2 aromatic rings. The van der Waals surface area contributed by atoms with Crippen LogP contribution in [-0.4, -0.2) is 52.9 Å². The molecule has 1 amide bonds. The van der Waals surface area contributed by atoms with Crippen LogP contribution in [0.15, 0.2) is 18.2 Å². The first-order chi connectivity index (χ1) is 14.5. The molecule has 31 heavy (non-hydrogen) atoms. The van der Waals surface area contributed by atoms with Gasteiger partial charge in [-0.2, -0.15) is 18.3 Å². The van der Waals surface area contributed by atoms with Crippen molar-refractivity contribution in [3.63, 3.8) is 0 Å². The van der Waals surface area contributed by atoms with Gasteiger partial charge in [0.2, 0.25) is 5.91 Å². The monoisotopic (exact) mass is 478 g/mol. The SMILES string of the molecule is COc1cc(N2CCN(C(=O)Cn3nc(C(F)(F)F)c(Cl)c3C)[C@@H](C)[C@H]2C)ccc1Cl. The molecule has 1 saturated heterocycles. The molecule has 0 N–H and O–H groups in total. The van der Waals surface area contributed by atoms with Crippen LogP contribution in [0.5, 0.6) is 5.75 Å². The van der Waals surface area contributed by atoms with Gasteiger partial charge in [0.15, 0.2) is 5.69 Å². The van der Waals surface area contributed by atoms with Crippen LogP contribution in [0.1, 0.15) is 25.2 Å². The first kappa shape index (κ1) is 23.5. The molecule has 1 fully saturated rings. The predicted octanol–water partition coefficient (Wildman–Crippen LogP) is 4.65. The van der Waals surface area contributed by atoms with E-state index < -0.39 is 16.9 Å². The molecule has 0 radical (unpaired) electrons. The normalized spacial score (nSPS) is 19.6. The van der Waals surface area contributed by atoms with Crippen molar-refractivity contribution >= 4 is 34.8 Å². The Morgan fingerprint density at radius 1 is 1.23 bits per heavy atom. The second-order valence-corrected chi connectivity index (χ2v) is 8.27. The first-order valence-corrected chi connectivity index (χ1v) is 10.4. The number of carbonyl (C=O) groups is 1. The first-order valence-electron chi connectivity index (χ1n) is 9.65. The third-order valence-electron chi connectivity index (χ3n) is 5.74. The Morgan fingerprint density at radius 3 is 2.48 bits per heavy atom. The van der Waals surface area contributed by atoms with Crippen LogP contribution in [0.4, 0.5) is 18.9 Å². The summed E-state index contributed by atoms with van der Waals surface area (Å²) in [6.45, 7) is 5.96. The van der Waals surface area contributed by atoms with E-state index in [0.717, 1.165) is 10.4 Å². The number of halogens is 5. The fourth-order valence-electron chi connectivity index (χ4n) is 3.77. The van der Waals surface area contributed by atoms with Crippen molar-refractivity contribution in [2.75, 3.05) is 25.1 Å². The number of methoxy groups -OCH3 is 1. The van der Waals surface area contributed by atoms with Gasteiger partial charge in [0, 0.05) is 36.9 Å². The smallest absolute Gasteiger partial charge is 0.436 e. The molecule has 1 aromatic carbocycles. The number of amides is 1. The lowest BCUT2D eigenvalue weighted by Gasteiger charge is -2.46. The number of carbonyl (C=O) groups excluding carboxylic acids is 1. The van der Waals surface area contributed by atoms with Crippen molar-refractivity contribution in [2.45, 2.75) is 45.6 Å². The van der Waals surface area contributed by atoms with E-state index >= 15 is 0 Å². The van der Waals surface area contributed by atoms with Crippen molar-refractivity contribution < 1.29 is 22.7 Å². The molecule has 2 heterocycles. The summed E-state index contributed by atoms with van der Waals surface area (Å²) in [6, 6.07) is 5.26. The van der Waals surface area contributed by atoms with E-state index in [4.69, 9.17) is 27.9 Å². The van der Waals surface area contributed by atoms with E-state index in [9.17, 15) is 18.0 Å². The lowest BCUT2D eigenvalue weighted by molar-refractivity contribution is -0.142. The highest BCUT2D eigenvalue weighted by Crippen LogP contribution is 2.36.